The molecule has 0 aromatic heterocycles. The summed E-state index contributed by atoms with van der Waals surface area (Å²) in [4.78, 5) is 71.2. The van der Waals surface area contributed by atoms with Gasteiger partial charge in [0.25, 0.3) is 0 Å². The van der Waals surface area contributed by atoms with Crippen LogP contribution < -0.4 is 0 Å². The second kappa shape index (κ2) is 25.3. The Labute approximate surface area is 408 Å². The van der Waals surface area contributed by atoms with E-state index in [4.69, 9.17) is 33.2 Å². The van der Waals surface area contributed by atoms with Gasteiger partial charge in [-0.25, -0.2) is 9.69 Å². The number of aryl methyl sites for hydroxylation is 1. The normalized spacial score (nSPS) is 21.1. The minimum Gasteiger partial charge on any atom is -0.453 e. The number of rotatable bonds is 23. The first-order valence-corrected chi connectivity index (χ1v) is 23.4. The van der Waals surface area contributed by atoms with Crippen molar-refractivity contribution in [1.82, 2.24) is 4.90 Å². The highest BCUT2D eigenvalue weighted by atomic mass is 16.7. The largest absolute Gasteiger partial charge is 0.453 e. The Morgan fingerprint density at radius 2 is 1.36 bits per heavy atom. The molecule has 2 aliphatic rings. The van der Waals surface area contributed by atoms with Crippen molar-refractivity contribution >= 4 is 35.1 Å². The van der Waals surface area contributed by atoms with E-state index in [0.717, 1.165) is 34.6 Å². The number of nitrogens with zero attached hydrogens (tertiary/aromatic N) is 1. The average Bonchev–Trinajstić information content (AvgIpc) is 3.78. The molecule has 2 aliphatic heterocycles. The van der Waals surface area contributed by atoms with E-state index in [0.29, 0.717) is 16.7 Å². The Morgan fingerprint density at radius 1 is 0.757 bits per heavy atom. The topological polar surface area (TPSA) is 173 Å². The number of Topliss-reactive ketones (excluding diaryl/α,β-unsaturated/α-hetero) is 1. The molecule has 0 aliphatic carbocycles. The fourth-order valence-corrected chi connectivity index (χ4v) is 8.74. The zero-order chi connectivity index (χ0) is 49.4. The number of aliphatic hydroxyl groups is 1. The van der Waals surface area contributed by atoms with Crippen LogP contribution >= 0.6 is 0 Å². The van der Waals surface area contributed by atoms with Crippen molar-refractivity contribution in [3.05, 3.63) is 185 Å². The summed E-state index contributed by atoms with van der Waals surface area (Å²) in [5.74, 6) is -4.27. The van der Waals surface area contributed by atoms with Crippen LogP contribution in [0.4, 0.5) is 4.79 Å². The first-order chi connectivity index (χ1) is 34.0. The van der Waals surface area contributed by atoms with Crippen LogP contribution in [-0.4, -0.2) is 103 Å². The maximum Gasteiger partial charge on any atom is 0.417 e. The molecule has 0 spiro atoms. The van der Waals surface area contributed by atoms with E-state index in [2.05, 4.69) is 0 Å². The highest BCUT2D eigenvalue weighted by Crippen LogP contribution is 2.34. The number of aliphatic hydroxyl groups excluding tert-OH is 1. The molecule has 7 rings (SSSR count). The molecule has 2 heterocycles. The molecular formula is C56H59NO13. The Balaban J connectivity index is 1.14. The average molecular weight is 954 g/mol. The number of cyclic esters (lactones) is 1. The van der Waals surface area contributed by atoms with Gasteiger partial charge in [-0.2, -0.15) is 0 Å². The molecule has 14 nitrogen and oxygen atoms in total. The molecule has 2 fully saturated rings. The second-order valence-electron chi connectivity index (χ2n) is 17.2. The van der Waals surface area contributed by atoms with Gasteiger partial charge < -0.3 is 38.3 Å². The third kappa shape index (κ3) is 13.4. The van der Waals surface area contributed by atoms with E-state index >= 15 is 0 Å². The van der Waals surface area contributed by atoms with Crippen molar-refractivity contribution in [3.8, 4) is 0 Å². The summed E-state index contributed by atoms with van der Waals surface area (Å²) in [7, 11) is 1.47. The summed E-state index contributed by atoms with van der Waals surface area (Å²) in [5.41, 5.74) is 4.37. The number of amides is 2. The lowest BCUT2D eigenvalue weighted by Crippen LogP contribution is -2.61. The van der Waals surface area contributed by atoms with E-state index in [1.54, 1.807) is 78.9 Å². The fourth-order valence-electron chi connectivity index (χ4n) is 8.74. The number of hydrogen-bond donors (Lipinski definition) is 1. The third-order valence-corrected chi connectivity index (χ3v) is 12.2. The Bertz CT molecular complexity index is 2540. The molecule has 0 saturated carbocycles. The van der Waals surface area contributed by atoms with Gasteiger partial charge in [-0.3, -0.25) is 19.2 Å². The van der Waals surface area contributed by atoms with E-state index in [-0.39, 0.29) is 57.9 Å². The smallest absolute Gasteiger partial charge is 0.417 e. The van der Waals surface area contributed by atoms with Crippen molar-refractivity contribution in [3.63, 3.8) is 0 Å². The summed E-state index contributed by atoms with van der Waals surface area (Å²) < 4.78 is 42.5. The molecule has 5 aromatic carbocycles. The maximum absolute atomic E-state index is 14.8. The van der Waals surface area contributed by atoms with Crippen molar-refractivity contribution in [2.45, 2.75) is 89.2 Å². The molecule has 8 atom stereocenters. The SMILES string of the molecule is CO[C@H]1O[C@H](CO)[C@@H](OCc2ccccc2)[C@H](OCc2ccccc2)[C@@H]1OCCCC(=O)C(=CC(=O)[C@H](OC(C)=O)[C@@H](Cc1ccccc1)C(=O)N1C(=O)OC[C@H]1c1ccccc1)c1cccc(C)c1. The van der Waals surface area contributed by atoms with Gasteiger partial charge in [-0.1, -0.05) is 151 Å². The Hall–Kier alpha value is -6.65. The van der Waals surface area contributed by atoms with Gasteiger partial charge in [0, 0.05) is 32.6 Å². The van der Waals surface area contributed by atoms with E-state index in [1.165, 1.54) is 7.11 Å². The molecule has 0 radical (unpaired) electrons. The lowest BCUT2D eigenvalue weighted by atomic mass is 9.87. The molecule has 0 unspecified atom stereocenters. The molecule has 5 aromatic rings. The first-order valence-electron chi connectivity index (χ1n) is 23.4. The molecule has 70 heavy (non-hydrogen) atoms. The maximum atomic E-state index is 14.8. The summed E-state index contributed by atoms with van der Waals surface area (Å²) in [6.45, 7) is 2.92. The molecular weight excluding hydrogens is 895 g/mol. The number of ether oxygens (including phenoxy) is 7. The number of allylic oxidation sites excluding steroid dienone is 1. The summed E-state index contributed by atoms with van der Waals surface area (Å²) in [5, 5.41) is 10.5. The van der Waals surface area contributed by atoms with Crippen LogP contribution in [-0.2, 0) is 72.0 Å². The summed E-state index contributed by atoms with van der Waals surface area (Å²) in [6.07, 6.45) is -5.73. The number of carbonyl (C=O) groups excluding carboxylic acids is 5. The number of methoxy groups -OCH3 is 1. The van der Waals surface area contributed by atoms with Crippen molar-refractivity contribution in [2.75, 3.05) is 26.9 Å². The summed E-state index contributed by atoms with van der Waals surface area (Å²) >= 11 is 0. The van der Waals surface area contributed by atoms with Gasteiger partial charge in [0.1, 0.15) is 37.1 Å². The number of benzene rings is 5. The zero-order valence-electron chi connectivity index (χ0n) is 39.5. The number of carbonyl (C=O) groups is 5. The van der Waals surface area contributed by atoms with Crippen LogP contribution in [0.15, 0.2) is 152 Å². The zero-order valence-corrected chi connectivity index (χ0v) is 39.5. The minimum absolute atomic E-state index is 0.0211. The van der Waals surface area contributed by atoms with Gasteiger partial charge in [-0.05, 0) is 53.7 Å². The molecule has 2 amide bonds. The molecule has 0 bridgehead atoms. The van der Waals surface area contributed by atoms with Crippen LogP contribution in [0, 0.1) is 12.8 Å². The van der Waals surface area contributed by atoms with Crippen LogP contribution in [0.3, 0.4) is 0 Å². The number of esters is 1. The molecule has 14 heteroatoms. The summed E-state index contributed by atoms with van der Waals surface area (Å²) in [6, 6.07) is 43.2. The quantitative estimate of drug-likeness (QED) is 0.0383. The minimum atomic E-state index is -1.74. The van der Waals surface area contributed by atoms with Crippen molar-refractivity contribution in [1.29, 1.82) is 0 Å². The molecule has 366 valence electrons. The van der Waals surface area contributed by atoms with Gasteiger partial charge in [-0.15, -0.1) is 0 Å². The lowest BCUT2D eigenvalue weighted by molar-refractivity contribution is -0.319. The van der Waals surface area contributed by atoms with Gasteiger partial charge in [0.05, 0.1) is 25.7 Å². The third-order valence-electron chi connectivity index (χ3n) is 12.2. The molecule has 1 N–H and O–H groups in total. The van der Waals surface area contributed by atoms with Crippen LogP contribution in [0.25, 0.3) is 5.57 Å². The second-order valence-corrected chi connectivity index (χ2v) is 17.2. The Kier molecular flexibility index (Phi) is 18.5. The van der Waals surface area contributed by atoms with Gasteiger partial charge >= 0.3 is 12.1 Å². The standard InChI is InChI=1S/C56H59NO13/c1-37-18-16-27-43(30-37)44(32-48(61)50(69-38(2)59)45(31-39-19-8-4-9-20-39)54(62)57-46(36-68-56(57)63)42-25-14-7-15-26-42)47(60)28-17-29-65-53-52(67-35-41-23-12-6-13-24-41)51(49(33-58)70-55(53)64-3)66-34-40-21-10-5-11-22-40/h4-16,18-27,30,32,45-46,49-53,55,58H,17,28-29,31,33-36H2,1-3H3/t45-,46+,49-,50-,51-,52+,53+,55+/m1/s1. The van der Waals surface area contributed by atoms with E-state index in [1.807, 2.05) is 73.7 Å². The van der Waals surface area contributed by atoms with Gasteiger partial charge in [0.15, 0.2) is 24.0 Å². The Morgan fingerprint density at radius 3 is 1.94 bits per heavy atom. The van der Waals surface area contributed by atoms with E-state index < -0.39 is 78.3 Å². The lowest BCUT2D eigenvalue weighted by Gasteiger charge is -2.45. The van der Waals surface area contributed by atoms with Crippen LogP contribution in [0.5, 0.6) is 0 Å². The predicted octanol–water partition coefficient (Wildman–Crippen LogP) is 7.73. The van der Waals surface area contributed by atoms with Crippen molar-refractivity contribution in [2.24, 2.45) is 5.92 Å². The number of imide groups is 1. The van der Waals surface area contributed by atoms with Crippen LogP contribution in [0.1, 0.15) is 59.2 Å². The van der Waals surface area contributed by atoms with E-state index in [9.17, 15) is 29.1 Å². The van der Waals surface area contributed by atoms with Crippen LogP contribution in [0.2, 0.25) is 0 Å². The fraction of sp³-hybridized carbons (Fsp3) is 0.339. The monoisotopic (exact) mass is 953 g/mol. The van der Waals surface area contributed by atoms with Crippen molar-refractivity contribution < 1.29 is 62.2 Å². The number of hydrogen-bond acceptors (Lipinski definition) is 13. The predicted molar refractivity (Wildman–Crippen MR) is 258 cm³/mol. The first kappa shape index (κ1) is 51.2. The highest BCUT2D eigenvalue weighted by Gasteiger charge is 2.49. The highest BCUT2D eigenvalue weighted by molar-refractivity contribution is 6.25. The molecule has 2 saturated heterocycles. The number of ketones is 2. The van der Waals surface area contributed by atoms with Gasteiger partial charge in [0.2, 0.25) is 5.91 Å².